The van der Waals surface area contributed by atoms with E-state index in [4.69, 9.17) is 4.74 Å². The molecular formula is C17H28N2O2. The minimum absolute atomic E-state index is 0.0437. The summed E-state index contributed by atoms with van der Waals surface area (Å²) in [6.07, 6.45) is 2.39. The van der Waals surface area contributed by atoms with Crippen molar-refractivity contribution in [1.82, 2.24) is 5.32 Å². The highest BCUT2D eigenvalue weighted by molar-refractivity contribution is 5.90. The molecule has 0 radical (unpaired) electrons. The molecule has 0 saturated carbocycles. The van der Waals surface area contributed by atoms with E-state index in [0.717, 1.165) is 36.4 Å². The fourth-order valence-corrected chi connectivity index (χ4v) is 1.89. The van der Waals surface area contributed by atoms with E-state index >= 15 is 0 Å². The van der Waals surface area contributed by atoms with E-state index in [1.807, 2.05) is 32.2 Å². The van der Waals surface area contributed by atoms with Crippen LogP contribution in [0.15, 0.2) is 18.2 Å². The van der Waals surface area contributed by atoms with Crippen LogP contribution in [0.25, 0.3) is 0 Å². The third-order valence-corrected chi connectivity index (χ3v) is 3.26. The van der Waals surface area contributed by atoms with Gasteiger partial charge in [-0.3, -0.25) is 4.79 Å². The Morgan fingerprint density at radius 2 is 2.10 bits per heavy atom. The maximum absolute atomic E-state index is 11.8. The molecule has 21 heavy (non-hydrogen) atoms. The molecule has 118 valence electrons. The van der Waals surface area contributed by atoms with Gasteiger partial charge < -0.3 is 15.4 Å². The Morgan fingerprint density at radius 1 is 1.33 bits per heavy atom. The Hall–Kier alpha value is -1.55. The average molecular weight is 292 g/mol. The van der Waals surface area contributed by atoms with Gasteiger partial charge in [0, 0.05) is 18.2 Å². The molecule has 0 saturated heterocycles. The van der Waals surface area contributed by atoms with Crippen molar-refractivity contribution in [3.63, 3.8) is 0 Å². The maximum Gasteiger partial charge on any atom is 0.224 e. The predicted molar refractivity (Wildman–Crippen MR) is 87.9 cm³/mol. The van der Waals surface area contributed by atoms with Crippen molar-refractivity contribution in [2.75, 3.05) is 25.5 Å². The first kappa shape index (κ1) is 17.5. The fourth-order valence-electron chi connectivity index (χ4n) is 1.89. The number of rotatable bonds is 9. The van der Waals surface area contributed by atoms with Gasteiger partial charge in [0.1, 0.15) is 5.75 Å². The SMILES string of the molecule is CNCCCC(=O)Nc1ccc(C)c(OCCC(C)C)c1. The van der Waals surface area contributed by atoms with E-state index in [1.165, 1.54) is 0 Å². The highest BCUT2D eigenvalue weighted by atomic mass is 16.5. The number of carbonyl (C=O) groups is 1. The number of hydrogen-bond acceptors (Lipinski definition) is 3. The topological polar surface area (TPSA) is 50.4 Å². The van der Waals surface area contributed by atoms with Gasteiger partial charge >= 0.3 is 0 Å². The summed E-state index contributed by atoms with van der Waals surface area (Å²) in [6, 6.07) is 5.81. The third-order valence-electron chi connectivity index (χ3n) is 3.26. The molecule has 0 spiro atoms. The second-order valence-electron chi connectivity index (χ2n) is 5.77. The number of anilines is 1. The normalized spacial score (nSPS) is 10.7. The minimum Gasteiger partial charge on any atom is -0.493 e. The highest BCUT2D eigenvalue weighted by Gasteiger charge is 2.06. The molecule has 1 rings (SSSR count). The van der Waals surface area contributed by atoms with Crippen molar-refractivity contribution in [3.05, 3.63) is 23.8 Å². The molecular weight excluding hydrogens is 264 g/mol. The van der Waals surface area contributed by atoms with Gasteiger partial charge in [0.05, 0.1) is 6.61 Å². The van der Waals surface area contributed by atoms with Gasteiger partial charge in [0.2, 0.25) is 5.91 Å². The number of aryl methyl sites for hydroxylation is 1. The molecule has 0 aromatic heterocycles. The molecule has 0 bridgehead atoms. The van der Waals surface area contributed by atoms with Crippen molar-refractivity contribution in [1.29, 1.82) is 0 Å². The zero-order chi connectivity index (χ0) is 15.7. The summed E-state index contributed by atoms with van der Waals surface area (Å²) in [5, 5.41) is 5.96. The molecule has 0 aliphatic heterocycles. The first-order valence-electron chi connectivity index (χ1n) is 7.71. The standard InChI is InChI=1S/C17H28N2O2/c1-13(2)9-11-21-16-12-15(8-7-14(16)3)19-17(20)6-5-10-18-4/h7-8,12-13,18H,5-6,9-11H2,1-4H3,(H,19,20). The van der Waals surface area contributed by atoms with E-state index in [9.17, 15) is 4.79 Å². The molecule has 4 heteroatoms. The fraction of sp³-hybridized carbons (Fsp3) is 0.588. The lowest BCUT2D eigenvalue weighted by Crippen LogP contribution is -2.15. The van der Waals surface area contributed by atoms with Crippen LogP contribution in [0.1, 0.15) is 38.7 Å². The number of hydrogen-bond donors (Lipinski definition) is 2. The van der Waals surface area contributed by atoms with Crippen molar-refractivity contribution in [3.8, 4) is 5.75 Å². The van der Waals surface area contributed by atoms with Gasteiger partial charge in [0.15, 0.2) is 0 Å². The summed E-state index contributed by atoms with van der Waals surface area (Å²) in [4.78, 5) is 11.8. The zero-order valence-electron chi connectivity index (χ0n) is 13.7. The number of carbonyl (C=O) groups excluding carboxylic acids is 1. The van der Waals surface area contributed by atoms with Crippen LogP contribution < -0.4 is 15.4 Å². The number of amides is 1. The van der Waals surface area contributed by atoms with Crippen LogP contribution in [-0.2, 0) is 4.79 Å². The molecule has 0 atom stereocenters. The summed E-state index contributed by atoms with van der Waals surface area (Å²) >= 11 is 0. The molecule has 2 N–H and O–H groups in total. The lowest BCUT2D eigenvalue weighted by atomic mass is 10.1. The molecule has 0 aliphatic carbocycles. The molecule has 0 heterocycles. The van der Waals surface area contributed by atoms with Gasteiger partial charge in [-0.2, -0.15) is 0 Å². The van der Waals surface area contributed by atoms with E-state index in [2.05, 4.69) is 24.5 Å². The summed E-state index contributed by atoms with van der Waals surface area (Å²) in [5.74, 6) is 1.52. The molecule has 1 aromatic carbocycles. The Bertz CT molecular complexity index is 444. The number of ether oxygens (including phenoxy) is 1. The Labute approximate surface area is 128 Å². The van der Waals surface area contributed by atoms with Crippen LogP contribution in [0.2, 0.25) is 0 Å². The summed E-state index contributed by atoms with van der Waals surface area (Å²) < 4.78 is 5.81. The maximum atomic E-state index is 11.8. The van der Waals surface area contributed by atoms with Crippen LogP contribution in [-0.4, -0.2) is 26.1 Å². The Morgan fingerprint density at radius 3 is 2.76 bits per heavy atom. The van der Waals surface area contributed by atoms with Gasteiger partial charge in [-0.15, -0.1) is 0 Å². The van der Waals surface area contributed by atoms with E-state index in [1.54, 1.807) is 0 Å². The van der Waals surface area contributed by atoms with Crippen molar-refractivity contribution in [2.24, 2.45) is 5.92 Å². The van der Waals surface area contributed by atoms with Crippen LogP contribution >= 0.6 is 0 Å². The van der Waals surface area contributed by atoms with E-state index in [0.29, 0.717) is 18.9 Å². The lowest BCUT2D eigenvalue weighted by Gasteiger charge is -2.13. The number of benzene rings is 1. The van der Waals surface area contributed by atoms with E-state index in [-0.39, 0.29) is 5.91 Å². The Balaban J connectivity index is 2.53. The highest BCUT2D eigenvalue weighted by Crippen LogP contribution is 2.23. The van der Waals surface area contributed by atoms with Gasteiger partial charge in [-0.25, -0.2) is 0 Å². The summed E-state index contributed by atoms with van der Waals surface area (Å²) in [5.41, 5.74) is 1.89. The van der Waals surface area contributed by atoms with Gasteiger partial charge in [-0.05, 0) is 50.9 Å². The van der Waals surface area contributed by atoms with Gasteiger partial charge in [0.25, 0.3) is 0 Å². The molecule has 0 fully saturated rings. The second kappa shape index (κ2) is 9.40. The Kier molecular flexibility index (Phi) is 7.83. The molecule has 0 unspecified atom stereocenters. The van der Waals surface area contributed by atoms with Crippen LogP contribution in [0, 0.1) is 12.8 Å². The minimum atomic E-state index is 0.0437. The van der Waals surface area contributed by atoms with Gasteiger partial charge in [-0.1, -0.05) is 19.9 Å². The zero-order valence-corrected chi connectivity index (χ0v) is 13.7. The first-order valence-corrected chi connectivity index (χ1v) is 7.71. The molecule has 1 aromatic rings. The predicted octanol–water partition coefficient (Wildman–Crippen LogP) is 3.36. The van der Waals surface area contributed by atoms with Crippen molar-refractivity contribution >= 4 is 11.6 Å². The van der Waals surface area contributed by atoms with Crippen LogP contribution in [0.5, 0.6) is 5.75 Å². The lowest BCUT2D eigenvalue weighted by molar-refractivity contribution is -0.116. The number of nitrogens with one attached hydrogen (secondary N) is 2. The second-order valence-corrected chi connectivity index (χ2v) is 5.77. The average Bonchev–Trinajstić information content (AvgIpc) is 2.42. The monoisotopic (exact) mass is 292 g/mol. The molecule has 1 amide bonds. The smallest absolute Gasteiger partial charge is 0.224 e. The van der Waals surface area contributed by atoms with Crippen molar-refractivity contribution in [2.45, 2.75) is 40.0 Å². The quantitative estimate of drug-likeness (QED) is 0.686. The third kappa shape index (κ3) is 7.14. The molecule has 4 nitrogen and oxygen atoms in total. The largest absolute Gasteiger partial charge is 0.493 e. The van der Waals surface area contributed by atoms with Crippen molar-refractivity contribution < 1.29 is 9.53 Å². The summed E-state index contributed by atoms with van der Waals surface area (Å²) in [6.45, 7) is 7.93. The summed E-state index contributed by atoms with van der Waals surface area (Å²) in [7, 11) is 1.89. The van der Waals surface area contributed by atoms with Crippen LogP contribution in [0.3, 0.4) is 0 Å². The van der Waals surface area contributed by atoms with Crippen LogP contribution in [0.4, 0.5) is 5.69 Å². The first-order chi connectivity index (χ1) is 10.0. The molecule has 0 aliphatic rings. The van der Waals surface area contributed by atoms with E-state index < -0.39 is 0 Å².